The summed E-state index contributed by atoms with van der Waals surface area (Å²) < 4.78 is 6.94. The second-order valence-electron chi connectivity index (χ2n) is 7.41. The first-order valence-corrected chi connectivity index (χ1v) is 10.8. The Hall–Kier alpha value is -3.07. The minimum Gasteiger partial charge on any atom is -0.455 e. The fourth-order valence-electron chi connectivity index (χ4n) is 3.73. The van der Waals surface area contributed by atoms with Crippen LogP contribution in [0.1, 0.15) is 43.2 Å². The Labute approximate surface area is 177 Å². The van der Waals surface area contributed by atoms with E-state index >= 15 is 0 Å². The van der Waals surface area contributed by atoms with Gasteiger partial charge in [0.2, 0.25) is 5.13 Å². The van der Waals surface area contributed by atoms with E-state index in [9.17, 15) is 9.59 Å². The Morgan fingerprint density at radius 3 is 2.67 bits per heavy atom. The smallest absolute Gasteiger partial charge is 0.271 e. The minimum atomic E-state index is -0.712. The SMILES string of the molecule is Cc1nnc(NC(=O)C(CC2CCCC2)n2ncc(Oc3ccccc3)cc2=O)s1. The van der Waals surface area contributed by atoms with Crippen LogP contribution in [0.5, 0.6) is 11.5 Å². The summed E-state index contributed by atoms with van der Waals surface area (Å²) in [6.07, 6.45) is 6.46. The number of anilines is 1. The van der Waals surface area contributed by atoms with Gasteiger partial charge in [0.25, 0.3) is 11.5 Å². The number of carbonyl (C=O) groups is 1. The van der Waals surface area contributed by atoms with Crippen LogP contribution < -0.4 is 15.6 Å². The Morgan fingerprint density at radius 2 is 2.00 bits per heavy atom. The summed E-state index contributed by atoms with van der Waals surface area (Å²) >= 11 is 1.30. The number of aryl methyl sites for hydroxylation is 1. The van der Waals surface area contributed by atoms with Gasteiger partial charge in [-0.2, -0.15) is 5.10 Å². The molecule has 0 bridgehead atoms. The van der Waals surface area contributed by atoms with Crippen molar-refractivity contribution >= 4 is 22.4 Å². The molecular weight excluding hydrogens is 402 g/mol. The van der Waals surface area contributed by atoms with Crippen LogP contribution in [0, 0.1) is 12.8 Å². The van der Waals surface area contributed by atoms with E-state index in [1.165, 1.54) is 28.3 Å². The predicted molar refractivity (Wildman–Crippen MR) is 114 cm³/mol. The summed E-state index contributed by atoms with van der Waals surface area (Å²) in [5.74, 6) is 1.04. The van der Waals surface area contributed by atoms with Gasteiger partial charge in [-0.1, -0.05) is 55.2 Å². The van der Waals surface area contributed by atoms with Crippen LogP contribution in [0.3, 0.4) is 0 Å². The van der Waals surface area contributed by atoms with Gasteiger partial charge in [-0.3, -0.25) is 14.9 Å². The Bertz CT molecular complexity index is 1060. The molecule has 1 aliphatic carbocycles. The van der Waals surface area contributed by atoms with Crippen molar-refractivity contribution in [3.05, 3.63) is 58.0 Å². The lowest BCUT2D eigenvalue weighted by Gasteiger charge is -2.20. The van der Waals surface area contributed by atoms with Crippen molar-refractivity contribution in [3.8, 4) is 11.5 Å². The number of rotatable bonds is 7. The maximum Gasteiger partial charge on any atom is 0.271 e. The molecule has 2 heterocycles. The Kier molecular flexibility index (Phi) is 6.18. The normalized spacial score (nSPS) is 15.1. The van der Waals surface area contributed by atoms with Crippen molar-refractivity contribution in [2.45, 2.75) is 45.1 Å². The summed E-state index contributed by atoms with van der Waals surface area (Å²) in [5, 5.41) is 16.1. The molecular formula is C21H23N5O3S. The van der Waals surface area contributed by atoms with Gasteiger partial charge in [-0.25, -0.2) is 4.68 Å². The van der Waals surface area contributed by atoms with Gasteiger partial charge in [0.1, 0.15) is 16.8 Å². The minimum absolute atomic E-state index is 0.302. The van der Waals surface area contributed by atoms with E-state index in [-0.39, 0.29) is 11.5 Å². The number of nitrogens with one attached hydrogen (secondary N) is 1. The highest BCUT2D eigenvalue weighted by Crippen LogP contribution is 2.32. The molecule has 1 aliphatic rings. The zero-order valence-corrected chi connectivity index (χ0v) is 17.5. The molecule has 0 radical (unpaired) electrons. The molecule has 1 unspecified atom stereocenters. The lowest BCUT2D eigenvalue weighted by atomic mass is 9.98. The van der Waals surface area contributed by atoms with Crippen LogP contribution in [0.25, 0.3) is 0 Å². The van der Waals surface area contributed by atoms with Crippen molar-refractivity contribution in [1.29, 1.82) is 0 Å². The van der Waals surface area contributed by atoms with E-state index in [0.717, 1.165) is 30.7 Å². The Morgan fingerprint density at radius 1 is 1.23 bits per heavy atom. The topological polar surface area (TPSA) is 99.0 Å². The molecule has 2 aromatic heterocycles. The molecule has 1 N–H and O–H groups in total. The molecule has 4 rings (SSSR count). The number of aromatic nitrogens is 4. The number of ether oxygens (including phenoxy) is 1. The zero-order valence-electron chi connectivity index (χ0n) is 16.7. The molecule has 0 aliphatic heterocycles. The van der Waals surface area contributed by atoms with Gasteiger partial charge in [0, 0.05) is 6.07 Å². The van der Waals surface area contributed by atoms with Crippen LogP contribution in [0.2, 0.25) is 0 Å². The summed E-state index contributed by atoms with van der Waals surface area (Å²) in [6.45, 7) is 1.82. The highest BCUT2D eigenvalue weighted by molar-refractivity contribution is 7.15. The van der Waals surface area contributed by atoms with E-state index in [2.05, 4.69) is 20.6 Å². The fourth-order valence-corrected chi connectivity index (χ4v) is 4.33. The second-order valence-corrected chi connectivity index (χ2v) is 8.59. The average Bonchev–Trinajstić information content (AvgIpc) is 3.39. The highest BCUT2D eigenvalue weighted by atomic mass is 32.1. The maximum absolute atomic E-state index is 13.0. The first-order valence-electron chi connectivity index (χ1n) is 10.0. The van der Waals surface area contributed by atoms with Gasteiger partial charge >= 0.3 is 0 Å². The van der Waals surface area contributed by atoms with E-state index in [0.29, 0.717) is 29.0 Å². The average molecular weight is 426 g/mol. The third kappa shape index (κ3) is 4.91. The van der Waals surface area contributed by atoms with Crippen LogP contribution in [-0.2, 0) is 4.79 Å². The molecule has 9 heteroatoms. The highest BCUT2D eigenvalue weighted by Gasteiger charge is 2.29. The predicted octanol–water partition coefficient (Wildman–Crippen LogP) is 3.96. The van der Waals surface area contributed by atoms with Crippen LogP contribution >= 0.6 is 11.3 Å². The molecule has 156 valence electrons. The van der Waals surface area contributed by atoms with E-state index < -0.39 is 6.04 Å². The lowest BCUT2D eigenvalue weighted by Crippen LogP contribution is -2.35. The molecule has 1 aromatic carbocycles. The van der Waals surface area contributed by atoms with Crippen molar-refractivity contribution in [3.63, 3.8) is 0 Å². The molecule has 1 fully saturated rings. The number of amides is 1. The van der Waals surface area contributed by atoms with Crippen LogP contribution in [0.15, 0.2) is 47.4 Å². The van der Waals surface area contributed by atoms with E-state index in [4.69, 9.17) is 4.74 Å². The number of hydrogen-bond acceptors (Lipinski definition) is 7. The molecule has 8 nitrogen and oxygen atoms in total. The van der Waals surface area contributed by atoms with Crippen molar-refractivity contribution in [2.24, 2.45) is 5.92 Å². The van der Waals surface area contributed by atoms with Gasteiger partial charge in [-0.15, -0.1) is 10.2 Å². The summed E-state index contributed by atoms with van der Waals surface area (Å²) in [7, 11) is 0. The summed E-state index contributed by atoms with van der Waals surface area (Å²) in [4.78, 5) is 25.9. The number of benzene rings is 1. The van der Waals surface area contributed by atoms with Crippen LogP contribution in [-0.4, -0.2) is 25.9 Å². The lowest BCUT2D eigenvalue weighted by molar-refractivity contribution is -0.120. The van der Waals surface area contributed by atoms with Gasteiger partial charge in [-0.05, 0) is 31.4 Å². The first-order chi connectivity index (χ1) is 14.6. The maximum atomic E-state index is 13.0. The van der Waals surface area contributed by atoms with Gasteiger partial charge < -0.3 is 4.74 Å². The number of para-hydroxylation sites is 1. The summed E-state index contributed by atoms with van der Waals surface area (Å²) in [6, 6.07) is 9.83. The first kappa shape index (κ1) is 20.2. The fraction of sp³-hybridized carbons (Fsp3) is 0.381. The molecule has 0 saturated heterocycles. The third-order valence-electron chi connectivity index (χ3n) is 5.17. The molecule has 1 amide bonds. The van der Waals surface area contributed by atoms with E-state index in [1.807, 2.05) is 25.1 Å². The molecule has 1 saturated carbocycles. The third-order valence-corrected chi connectivity index (χ3v) is 5.92. The molecule has 30 heavy (non-hydrogen) atoms. The number of hydrogen-bond donors (Lipinski definition) is 1. The monoisotopic (exact) mass is 425 g/mol. The molecule has 0 spiro atoms. The number of carbonyl (C=O) groups excluding carboxylic acids is 1. The van der Waals surface area contributed by atoms with Crippen molar-refractivity contribution in [2.75, 3.05) is 5.32 Å². The van der Waals surface area contributed by atoms with E-state index in [1.54, 1.807) is 12.1 Å². The summed E-state index contributed by atoms with van der Waals surface area (Å²) in [5.41, 5.74) is -0.380. The van der Waals surface area contributed by atoms with Gasteiger partial charge in [0.05, 0.1) is 6.20 Å². The van der Waals surface area contributed by atoms with Crippen molar-refractivity contribution < 1.29 is 9.53 Å². The standard InChI is InChI=1S/C21H23N5O3S/c1-14-24-25-21(30-14)23-20(28)18(11-15-7-5-6-8-15)26-19(27)12-17(13-22-26)29-16-9-3-2-4-10-16/h2-4,9-10,12-13,15,18H,5-8,11H2,1H3,(H,23,25,28). The Balaban J connectivity index is 1.57. The molecule has 3 aromatic rings. The van der Waals surface area contributed by atoms with Gasteiger partial charge in [0.15, 0.2) is 5.75 Å². The number of nitrogens with zero attached hydrogens (tertiary/aromatic N) is 4. The zero-order chi connectivity index (χ0) is 20.9. The second kappa shape index (κ2) is 9.17. The van der Waals surface area contributed by atoms with Crippen molar-refractivity contribution in [1.82, 2.24) is 20.0 Å². The quantitative estimate of drug-likeness (QED) is 0.615. The van der Waals surface area contributed by atoms with Crippen LogP contribution in [0.4, 0.5) is 5.13 Å². The largest absolute Gasteiger partial charge is 0.455 e. The molecule has 1 atom stereocenters.